The van der Waals surface area contributed by atoms with Crippen molar-refractivity contribution in [2.75, 3.05) is 0 Å². The van der Waals surface area contributed by atoms with Crippen LogP contribution in [0.15, 0.2) is 12.2 Å². The monoisotopic (exact) mass is 193 g/mol. The number of carbonyl (C=O) groups excluding carboxylic acids is 1. The molecule has 0 aromatic rings. The Kier molecular flexibility index (Phi) is 3.64. The molecule has 0 bridgehead atoms. The summed E-state index contributed by atoms with van der Waals surface area (Å²) in [6.07, 6.45) is 0. The second-order valence-electron chi connectivity index (χ2n) is 2.23. The molecule has 5 nitrogen and oxygen atoms in total. The summed E-state index contributed by atoms with van der Waals surface area (Å²) >= 11 is 0. The van der Waals surface area contributed by atoms with Gasteiger partial charge in [0.25, 0.3) is 0 Å². The third-order valence-electron chi connectivity index (χ3n) is 0.967. The van der Waals surface area contributed by atoms with Gasteiger partial charge in [-0.05, 0) is 6.92 Å². The van der Waals surface area contributed by atoms with E-state index in [4.69, 9.17) is 9.79 Å². The Morgan fingerprint density at radius 3 is 2.25 bits per heavy atom. The van der Waals surface area contributed by atoms with E-state index in [0.29, 0.717) is 0 Å². The quantitative estimate of drug-likeness (QED) is 0.386. The number of hydrogen-bond acceptors (Lipinski definition) is 3. The SMILES string of the molecule is [CH2]C(OC(=O)C(=C)C)P(=O)(O)O. The van der Waals surface area contributed by atoms with Crippen molar-refractivity contribution in [2.24, 2.45) is 0 Å². The molecule has 0 rings (SSSR count). The fourth-order valence-electron chi connectivity index (χ4n) is 0.293. The van der Waals surface area contributed by atoms with Crippen LogP contribution in [0, 0.1) is 6.92 Å². The first-order chi connectivity index (χ1) is 5.25. The average molecular weight is 193 g/mol. The predicted octanol–water partition coefficient (Wildman–Crippen LogP) is 0.444. The van der Waals surface area contributed by atoms with Crippen molar-refractivity contribution in [3.63, 3.8) is 0 Å². The second-order valence-corrected chi connectivity index (χ2v) is 3.98. The first-order valence-electron chi connectivity index (χ1n) is 3.00. The van der Waals surface area contributed by atoms with Gasteiger partial charge in [0.15, 0.2) is 0 Å². The van der Waals surface area contributed by atoms with Crippen LogP contribution < -0.4 is 0 Å². The summed E-state index contributed by atoms with van der Waals surface area (Å²) in [7, 11) is -4.45. The van der Waals surface area contributed by atoms with E-state index in [2.05, 4.69) is 18.2 Å². The van der Waals surface area contributed by atoms with Gasteiger partial charge in [0.2, 0.25) is 5.85 Å². The van der Waals surface area contributed by atoms with Crippen LogP contribution in [0.5, 0.6) is 0 Å². The lowest BCUT2D eigenvalue weighted by atomic mass is 10.4. The lowest BCUT2D eigenvalue weighted by Crippen LogP contribution is -2.15. The van der Waals surface area contributed by atoms with Crippen LogP contribution in [-0.2, 0) is 14.1 Å². The molecule has 69 valence electrons. The Balaban J connectivity index is 4.21. The molecule has 1 atom stereocenters. The minimum absolute atomic E-state index is 0.0668. The molecule has 0 spiro atoms. The lowest BCUT2D eigenvalue weighted by molar-refractivity contribution is -0.139. The lowest BCUT2D eigenvalue weighted by Gasteiger charge is -2.13. The largest absolute Gasteiger partial charge is 0.446 e. The number of ether oxygens (including phenoxy) is 1. The summed E-state index contributed by atoms with van der Waals surface area (Å²) in [5, 5.41) is 0. The molecule has 0 saturated carbocycles. The first-order valence-corrected chi connectivity index (χ1v) is 4.68. The molecule has 0 fully saturated rings. The molecule has 1 unspecified atom stereocenters. The summed E-state index contributed by atoms with van der Waals surface area (Å²) in [5.74, 6) is -2.53. The van der Waals surface area contributed by atoms with Crippen LogP contribution in [0.25, 0.3) is 0 Å². The van der Waals surface area contributed by atoms with Gasteiger partial charge in [0.05, 0.1) is 0 Å². The second kappa shape index (κ2) is 3.85. The molecule has 0 saturated heterocycles. The van der Waals surface area contributed by atoms with E-state index in [1.54, 1.807) is 0 Å². The molecule has 2 N–H and O–H groups in total. The van der Waals surface area contributed by atoms with Gasteiger partial charge in [-0.25, -0.2) is 4.79 Å². The van der Waals surface area contributed by atoms with Crippen molar-refractivity contribution in [3.05, 3.63) is 19.1 Å². The van der Waals surface area contributed by atoms with Crippen molar-refractivity contribution in [3.8, 4) is 0 Å². The van der Waals surface area contributed by atoms with Gasteiger partial charge in [-0.1, -0.05) is 6.58 Å². The number of carbonyl (C=O) groups is 1. The third kappa shape index (κ3) is 3.67. The topological polar surface area (TPSA) is 83.8 Å². The Bertz CT molecular complexity index is 240. The average Bonchev–Trinajstić information content (AvgIpc) is 1.85. The van der Waals surface area contributed by atoms with E-state index < -0.39 is 19.4 Å². The molecule has 1 radical (unpaired) electrons. The highest BCUT2D eigenvalue weighted by atomic mass is 31.2. The van der Waals surface area contributed by atoms with Crippen LogP contribution >= 0.6 is 7.60 Å². The van der Waals surface area contributed by atoms with E-state index in [-0.39, 0.29) is 5.57 Å². The molecule has 0 aliphatic rings. The fourth-order valence-corrected chi connectivity index (χ4v) is 0.526. The maximum Gasteiger partial charge on any atom is 0.365 e. The first kappa shape index (κ1) is 11.4. The zero-order valence-electron chi connectivity index (χ0n) is 6.56. The number of rotatable bonds is 3. The minimum atomic E-state index is -4.45. The molecule has 0 amide bonds. The van der Waals surface area contributed by atoms with Gasteiger partial charge in [0.1, 0.15) is 0 Å². The third-order valence-corrected chi connectivity index (χ3v) is 1.82. The van der Waals surface area contributed by atoms with Gasteiger partial charge in [-0.15, -0.1) is 0 Å². The molecule has 0 aliphatic heterocycles. The van der Waals surface area contributed by atoms with E-state index in [1.165, 1.54) is 6.92 Å². The van der Waals surface area contributed by atoms with Crippen LogP contribution in [0.1, 0.15) is 6.92 Å². The van der Waals surface area contributed by atoms with E-state index >= 15 is 0 Å². The summed E-state index contributed by atoms with van der Waals surface area (Å²) < 4.78 is 14.7. The standard InChI is InChI=1S/C6H10O5P/c1-4(2)6(7)11-5(3)12(8,9)10/h5H,1,3H2,2H3,(H2,8,9,10). The van der Waals surface area contributed by atoms with E-state index in [0.717, 1.165) is 0 Å². The van der Waals surface area contributed by atoms with Gasteiger partial charge >= 0.3 is 13.6 Å². The highest BCUT2D eigenvalue weighted by Crippen LogP contribution is 2.41. The number of hydrogen-bond donors (Lipinski definition) is 2. The molecule has 12 heavy (non-hydrogen) atoms. The summed E-state index contributed by atoms with van der Waals surface area (Å²) in [6.45, 7) is 7.59. The molecule has 0 aromatic heterocycles. The Morgan fingerprint density at radius 2 is 2.00 bits per heavy atom. The van der Waals surface area contributed by atoms with Gasteiger partial charge < -0.3 is 14.5 Å². The van der Waals surface area contributed by atoms with Crippen molar-refractivity contribution < 1.29 is 23.9 Å². The molecular weight excluding hydrogens is 183 g/mol. The van der Waals surface area contributed by atoms with Gasteiger partial charge in [-0.2, -0.15) is 0 Å². The minimum Gasteiger partial charge on any atom is -0.446 e. The zero-order valence-corrected chi connectivity index (χ0v) is 7.45. The maximum absolute atomic E-state index is 10.7. The maximum atomic E-state index is 10.7. The van der Waals surface area contributed by atoms with Crippen LogP contribution in [0.3, 0.4) is 0 Å². The summed E-state index contributed by atoms with van der Waals surface area (Å²) in [6, 6.07) is 0. The number of esters is 1. The van der Waals surface area contributed by atoms with Gasteiger partial charge in [0, 0.05) is 12.5 Å². The Hall–Kier alpha value is -0.640. The van der Waals surface area contributed by atoms with E-state index in [1.807, 2.05) is 0 Å². The molecule has 0 aliphatic carbocycles. The Morgan fingerprint density at radius 1 is 1.58 bits per heavy atom. The molecule has 0 aromatic carbocycles. The van der Waals surface area contributed by atoms with Crippen molar-refractivity contribution >= 4 is 13.6 Å². The van der Waals surface area contributed by atoms with Crippen molar-refractivity contribution in [1.29, 1.82) is 0 Å². The Labute approximate surface area is 70.2 Å². The molecule has 6 heteroatoms. The van der Waals surface area contributed by atoms with Crippen molar-refractivity contribution in [1.82, 2.24) is 0 Å². The van der Waals surface area contributed by atoms with Crippen LogP contribution in [0.2, 0.25) is 0 Å². The molecule has 0 heterocycles. The predicted molar refractivity (Wildman–Crippen MR) is 42.1 cm³/mol. The van der Waals surface area contributed by atoms with E-state index in [9.17, 15) is 9.36 Å². The normalized spacial score (nSPS) is 13.7. The highest BCUT2D eigenvalue weighted by Gasteiger charge is 2.27. The van der Waals surface area contributed by atoms with Gasteiger partial charge in [-0.3, -0.25) is 4.57 Å². The van der Waals surface area contributed by atoms with Crippen LogP contribution in [0.4, 0.5) is 0 Å². The smallest absolute Gasteiger partial charge is 0.365 e. The fraction of sp³-hybridized carbons (Fsp3) is 0.333. The van der Waals surface area contributed by atoms with Crippen LogP contribution in [-0.4, -0.2) is 21.6 Å². The summed E-state index contributed by atoms with van der Waals surface area (Å²) in [5.41, 5.74) is 0.0668. The summed E-state index contributed by atoms with van der Waals surface area (Å²) in [4.78, 5) is 27.6. The highest BCUT2D eigenvalue weighted by molar-refractivity contribution is 7.52. The van der Waals surface area contributed by atoms with Crippen molar-refractivity contribution in [2.45, 2.75) is 12.8 Å². The molecular formula is C6H10O5P. The zero-order chi connectivity index (χ0) is 9.94.